The summed E-state index contributed by atoms with van der Waals surface area (Å²) in [6.45, 7) is 1.73. The second-order valence-corrected chi connectivity index (χ2v) is 3.58. The number of hydrogen-bond acceptors (Lipinski definition) is 3. The van der Waals surface area contributed by atoms with Gasteiger partial charge in [0, 0.05) is 10.7 Å². The van der Waals surface area contributed by atoms with Crippen LogP contribution in [0.5, 0.6) is 0 Å². The summed E-state index contributed by atoms with van der Waals surface area (Å²) in [7, 11) is 0. The first-order chi connectivity index (χ1) is 6.19. The molecule has 0 spiro atoms. The predicted molar refractivity (Wildman–Crippen MR) is 52.1 cm³/mol. The number of rotatable bonds is 2. The molecule has 0 saturated carbocycles. The molecule has 1 atom stereocenters. The quantitative estimate of drug-likeness (QED) is 0.858. The summed E-state index contributed by atoms with van der Waals surface area (Å²) in [5.74, 6) is -0.521. The maximum Gasteiger partial charge on any atom is 0.111 e. The van der Waals surface area contributed by atoms with Crippen LogP contribution in [0.2, 0.25) is 0 Å². The van der Waals surface area contributed by atoms with Gasteiger partial charge in [-0.2, -0.15) is 5.26 Å². The van der Waals surface area contributed by atoms with Gasteiger partial charge >= 0.3 is 0 Å². The third-order valence-electron chi connectivity index (χ3n) is 1.76. The van der Waals surface area contributed by atoms with Crippen LogP contribution in [0.3, 0.4) is 0 Å². The van der Waals surface area contributed by atoms with Crippen LogP contribution in [-0.4, -0.2) is 16.7 Å². The Morgan fingerprint density at radius 1 is 1.77 bits per heavy atom. The molecule has 0 aromatic carbocycles. The van der Waals surface area contributed by atoms with E-state index in [-0.39, 0.29) is 6.61 Å². The summed E-state index contributed by atoms with van der Waals surface area (Å²) in [4.78, 5) is 4.05. The monoisotopic (exact) mass is 240 g/mol. The standard InChI is InChI=1S/C9H9BrN2O/c1-6-2-9(7(3-11)5-13)12-4-8(6)10/h2,4,7,13H,5H2,1H3. The van der Waals surface area contributed by atoms with Crippen LogP contribution in [0.25, 0.3) is 0 Å². The number of pyridine rings is 1. The summed E-state index contributed by atoms with van der Waals surface area (Å²) in [6.07, 6.45) is 1.64. The normalized spacial score (nSPS) is 12.2. The van der Waals surface area contributed by atoms with E-state index >= 15 is 0 Å². The van der Waals surface area contributed by atoms with Gasteiger partial charge in [0.2, 0.25) is 0 Å². The van der Waals surface area contributed by atoms with Crippen LogP contribution in [-0.2, 0) is 0 Å². The highest BCUT2D eigenvalue weighted by Crippen LogP contribution is 2.19. The molecular weight excluding hydrogens is 232 g/mol. The minimum absolute atomic E-state index is 0.190. The van der Waals surface area contributed by atoms with Gasteiger partial charge in [-0.15, -0.1) is 0 Å². The number of aliphatic hydroxyl groups excluding tert-OH is 1. The van der Waals surface area contributed by atoms with E-state index in [1.807, 2.05) is 13.0 Å². The van der Waals surface area contributed by atoms with Gasteiger partial charge in [-0.1, -0.05) is 0 Å². The number of nitrogens with zero attached hydrogens (tertiary/aromatic N) is 2. The number of hydrogen-bond donors (Lipinski definition) is 1. The zero-order valence-corrected chi connectivity index (χ0v) is 8.74. The van der Waals surface area contributed by atoms with Gasteiger partial charge < -0.3 is 5.11 Å². The smallest absolute Gasteiger partial charge is 0.111 e. The molecule has 3 nitrogen and oxygen atoms in total. The van der Waals surface area contributed by atoms with Crippen molar-refractivity contribution in [1.82, 2.24) is 4.98 Å². The molecule has 0 amide bonds. The molecule has 1 aromatic heterocycles. The molecule has 68 valence electrons. The van der Waals surface area contributed by atoms with Crippen molar-refractivity contribution in [1.29, 1.82) is 5.26 Å². The van der Waals surface area contributed by atoms with Crippen molar-refractivity contribution in [2.45, 2.75) is 12.8 Å². The van der Waals surface area contributed by atoms with Crippen molar-refractivity contribution in [2.24, 2.45) is 0 Å². The van der Waals surface area contributed by atoms with Crippen LogP contribution in [0, 0.1) is 18.3 Å². The Morgan fingerprint density at radius 3 is 2.92 bits per heavy atom. The Kier molecular flexibility index (Phi) is 3.40. The molecule has 1 rings (SSSR count). The molecule has 0 fully saturated rings. The molecule has 4 heteroatoms. The minimum atomic E-state index is -0.521. The molecule has 1 N–H and O–H groups in total. The highest BCUT2D eigenvalue weighted by Gasteiger charge is 2.11. The molecule has 1 heterocycles. The van der Waals surface area contributed by atoms with E-state index in [4.69, 9.17) is 10.4 Å². The van der Waals surface area contributed by atoms with E-state index in [2.05, 4.69) is 20.9 Å². The number of aliphatic hydroxyl groups is 1. The lowest BCUT2D eigenvalue weighted by atomic mass is 10.1. The zero-order chi connectivity index (χ0) is 9.84. The van der Waals surface area contributed by atoms with Crippen molar-refractivity contribution >= 4 is 15.9 Å². The van der Waals surface area contributed by atoms with Gasteiger partial charge in [0.15, 0.2) is 0 Å². The number of nitriles is 1. The first-order valence-electron chi connectivity index (χ1n) is 3.81. The fraction of sp³-hybridized carbons (Fsp3) is 0.333. The molecule has 0 aliphatic carbocycles. The molecule has 1 unspecified atom stereocenters. The fourth-order valence-corrected chi connectivity index (χ4v) is 1.17. The van der Waals surface area contributed by atoms with Crippen LogP contribution >= 0.6 is 15.9 Å². The average molecular weight is 241 g/mol. The van der Waals surface area contributed by atoms with Gasteiger partial charge in [-0.25, -0.2) is 0 Å². The summed E-state index contributed by atoms with van der Waals surface area (Å²) < 4.78 is 0.908. The SMILES string of the molecule is Cc1cc(C(C#N)CO)ncc1Br. The third-order valence-corrected chi connectivity index (χ3v) is 2.59. The molecule has 1 aromatic rings. The van der Waals surface area contributed by atoms with Crippen LogP contribution < -0.4 is 0 Å². The second-order valence-electron chi connectivity index (χ2n) is 2.72. The largest absolute Gasteiger partial charge is 0.395 e. The van der Waals surface area contributed by atoms with Crippen LogP contribution in [0.1, 0.15) is 17.2 Å². The first kappa shape index (κ1) is 10.2. The minimum Gasteiger partial charge on any atom is -0.395 e. The van der Waals surface area contributed by atoms with Gasteiger partial charge in [0.1, 0.15) is 5.92 Å². The Morgan fingerprint density at radius 2 is 2.46 bits per heavy atom. The summed E-state index contributed by atoms with van der Waals surface area (Å²) >= 11 is 3.31. The molecular formula is C9H9BrN2O. The molecule has 13 heavy (non-hydrogen) atoms. The Labute approximate surface area is 85.2 Å². The van der Waals surface area contributed by atoms with Crippen molar-refractivity contribution in [3.8, 4) is 6.07 Å². The fourth-order valence-electron chi connectivity index (χ4n) is 0.952. The van der Waals surface area contributed by atoms with Gasteiger partial charge in [-0.05, 0) is 34.5 Å². The van der Waals surface area contributed by atoms with E-state index in [0.29, 0.717) is 5.69 Å². The van der Waals surface area contributed by atoms with Crippen molar-refractivity contribution in [3.63, 3.8) is 0 Å². The number of aromatic nitrogens is 1. The van der Waals surface area contributed by atoms with E-state index < -0.39 is 5.92 Å². The van der Waals surface area contributed by atoms with Crippen molar-refractivity contribution in [2.75, 3.05) is 6.61 Å². The maximum atomic E-state index is 8.87. The van der Waals surface area contributed by atoms with Crippen molar-refractivity contribution in [3.05, 3.63) is 28.0 Å². The Balaban J connectivity index is 3.04. The van der Waals surface area contributed by atoms with Crippen LogP contribution in [0.4, 0.5) is 0 Å². The van der Waals surface area contributed by atoms with E-state index in [0.717, 1.165) is 10.0 Å². The third kappa shape index (κ3) is 2.27. The number of halogens is 1. The summed E-state index contributed by atoms with van der Waals surface area (Å²) in [6, 6.07) is 3.79. The summed E-state index contributed by atoms with van der Waals surface area (Å²) in [5.41, 5.74) is 1.63. The molecule has 0 aliphatic heterocycles. The molecule has 0 saturated heterocycles. The molecule has 0 bridgehead atoms. The predicted octanol–water partition coefficient (Wildman–Crippen LogP) is 1.75. The topological polar surface area (TPSA) is 56.9 Å². The van der Waals surface area contributed by atoms with Crippen LogP contribution in [0.15, 0.2) is 16.7 Å². The van der Waals surface area contributed by atoms with Gasteiger partial charge in [0.25, 0.3) is 0 Å². The van der Waals surface area contributed by atoms with Gasteiger partial charge in [0.05, 0.1) is 18.4 Å². The Bertz CT molecular complexity index is 346. The second kappa shape index (κ2) is 4.35. The van der Waals surface area contributed by atoms with Gasteiger partial charge in [-0.3, -0.25) is 4.98 Å². The lowest BCUT2D eigenvalue weighted by Crippen LogP contribution is -2.03. The highest BCUT2D eigenvalue weighted by molar-refractivity contribution is 9.10. The first-order valence-corrected chi connectivity index (χ1v) is 4.61. The number of aryl methyl sites for hydroxylation is 1. The highest BCUT2D eigenvalue weighted by atomic mass is 79.9. The summed E-state index contributed by atoms with van der Waals surface area (Å²) in [5, 5.41) is 17.5. The van der Waals surface area contributed by atoms with E-state index in [1.54, 1.807) is 12.3 Å². The average Bonchev–Trinajstić information content (AvgIpc) is 2.13. The zero-order valence-electron chi connectivity index (χ0n) is 7.16. The molecule has 0 radical (unpaired) electrons. The maximum absolute atomic E-state index is 8.87. The Hall–Kier alpha value is -0.920. The lowest BCUT2D eigenvalue weighted by Gasteiger charge is -2.06. The molecule has 0 aliphatic rings. The van der Waals surface area contributed by atoms with E-state index in [1.165, 1.54) is 0 Å². The lowest BCUT2D eigenvalue weighted by molar-refractivity contribution is 0.284. The van der Waals surface area contributed by atoms with E-state index in [9.17, 15) is 0 Å². The van der Waals surface area contributed by atoms with Crippen molar-refractivity contribution < 1.29 is 5.11 Å².